The van der Waals surface area contributed by atoms with E-state index in [1.54, 1.807) is 25.1 Å². The lowest BCUT2D eigenvalue weighted by atomic mass is 9.94. The number of methoxy groups -OCH3 is 1. The molecule has 17 heavy (non-hydrogen) atoms. The first-order valence-corrected chi connectivity index (χ1v) is 5.70. The monoisotopic (exact) mass is 254 g/mol. The number of ketones is 1. The summed E-state index contributed by atoms with van der Waals surface area (Å²) in [4.78, 5) is 23.2. The Morgan fingerprint density at radius 1 is 1.41 bits per heavy atom. The molecule has 4 heteroatoms. The Morgan fingerprint density at radius 3 is 2.59 bits per heavy atom. The van der Waals surface area contributed by atoms with Crippen molar-refractivity contribution in [2.75, 3.05) is 7.11 Å². The second-order valence-corrected chi connectivity index (χ2v) is 4.44. The van der Waals surface area contributed by atoms with Gasteiger partial charge in [0.05, 0.1) is 13.5 Å². The van der Waals surface area contributed by atoms with Gasteiger partial charge in [0.15, 0.2) is 5.78 Å². The molecule has 1 aromatic rings. The van der Waals surface area contributed by atoms with Crippen LogP contribution in [0.1, 0.15) is 29.3 Å². The van der Waals surface area contributed by atoms with Crippen molar-refractivity contribution in [1.82, 2.24) is 0 Å². The molecule has 92 valence electrons. The van der Waals surface area contributed by atoms with Crippen molar-refractivity contribution < 1.29 is 14.3 Å². The van der Waals surface area contributed by atoms with Crippen LogP contribution < -0.4 is 0 Å². The van der Waals surface area contributed by atoms with Crippen molar-refractivity contribution in [2.45, 2.75) is 20.3 Å². The minimum absolute atomic E-state index is 0.0652. The van der Waals surface area contributed by atoms with Gasteiger partial charge in [0.1, 0.15) is 0 Å². The predicted molar refractivity (Wildman–Crippen MR) is 66.3 cm³/mol. The molecule has 1 aromatic carbocycles. The number of rotatable bonds is 4. The molecule has 0 heterocycles. The number of aryl methyl sites for hydroxylation is 1. The Hall–Kier alpha value is -1.35. The van der Waals surface area contributed by atoms with Crippen molar-refractivity contribution in [3.05, 3.63) is 34.3 Å². The quantitative estimate of drug-likeness (QED) is 0.613. The Morgan fingerprint density at radius 2 is 2.06 bits per heavy atom. The second-order valence-electron chi connectivity index (χ2n) is 4.00. The Kier molecular flexibility index (Phi) is 4.70. The second kappa shape index (κ2) is 5.82. The highest BCUT2D eigenvalue weighted by atomic mass is 35.5. The molecule has 1 rings (SSSR count). The van der Waals surface area contributed by atoms with Crippen LogP contribution in [0.15, 0.2) is 18.2 Å². The molecule has 0 fully saturated rings. The van der Waals surface area contributed by atoms with Crippen molar-refractivity contribution in [3.8, 4) is 0 Å². The van der Waals surface area contributed by atoms with Gasteiger partial charge in [-0.1, -0.05) is 18.5 Å². The van der Waals surface area contributed by atoms with Crippen molar-refractivity contribution in [3.63, 3.8) is 0 Å². The largest absolute Gasteiger partial charge is 0.469 e. The van der Waals surface area contributed by atoms with Crippen LogP contribution in [-0.4, -0.2) is 18.9 Å². The minimum atomic E-state index is -0.387. The van der Waals surface area contributed by atoms with Crippen LogP contribution in [0.5, 0.6) is 0 Å². The maximum absolute atomic E-state index is 12.1. The van der Waals surface area contributed by atoms with Gasteiger partial charge in [0, 0.05) is 16.5 Å². The van der Waals surface area contributed by atoms with Crippen molar-refractivity contribution in [1.29, 1.82) is 0 Å². The fraction of sp³-hybridized carbons (Fsp3) is 0.385. The summed E-state index contributed by atoms with van der Waals surface area (Å²) in [6.45, 7) is 3.54. The number of carbonyl (C=O) groups is 2. The molecule has 0 saturated heterocycles. The summed E-state index contributed by atoms with van der Waals surface area (Å²) in [5.74, 6) is -0.829. The molecule has 0 bridgehead atoms. The van der Waals surface area contributed by atoms with E-state index in [-0.39, 0.29) is 24.1 Å². The maximum Gasteiger partial charge on any atom is 0.306 e. The third-order valence-electron chi connectivity index (χ3n) is 2.60. The molecule has 3 nitrogen and oxygen atoms in total. The van der Waals surface area contributed by atoms with E-state index in [0.717, 1.165) is 5.56 Å². The van der Waals surface area contributed by atoms with Crippen LogP contribution in [0.4, 0.5) is 0 Å². The molecule has 0 radical (unpaired) electrons. The molecule has 0 spiro atoms. The lowest BCUT2D eigenvalue weighted by molar-refractivity contribution is -0.141. The number of hydrogen-bond donors (Lipinski definition) is 0. The molecule has 1 atom stereocenters. The minimum Gasteiger partial charge on any atom is -0.469 e. The summed E-state index contributed by atoms with van der Waals surface area (Å²) in [7, 11) is 1.31. The number of halogens is 1. The van der Waals surface area contributed by atoms with E-state index in [2.05, 4.69) is 4.74 Å². The highest BCUT2D eigenvalue weighted by Crippen LogP contribution is 2.19. The fourth-order valence-electron chi connectivity index (χ4n) is 1.60. The van der Waals surface area contributed by atoms with Gasteiger partial charge >= 0.3 is 5.97 Å². The Balaban J connectivity index is 2.85. The normalized spacial score (nSPS) is 12.0. The molecule has 1 unspecified atom stereocenters. The molecular weight excluding hydrogens is 240 g/mol. The Labute approximate surface area is 106 Å². The van der Waals surface area contributed by atoms with Gasteiger partial charge in [0.25, 0.3) is 0 Å². The standard InChI is InChI=1S/C13H15ClO3/c1-8-6-10(14)4-5-11(8)13(16)9(2)7-12(15)17-3/h4-6,9H,7H2,1-3H3. The van der Waals surface area contributed by atoms with E-state index in [1.807, 2.05) is 6.92 Å². The number of Topliss-reactive ketones (excluding diaryl/α,β-unsaturated/α-hetero) is 1. The van der Waals surface area contributed by atoms with Crippen LogP contribution >= 0.6 is 11.6 Å². The number of esters is 1. The average molecular weight is 255 g/mol. The first-order chi connectivity index (χ1) is 7.95. The molecule has 0 saturated carbocycles. The van der Waals surface area contributed by atoms with Gasteiger partial charge in [-0.05, 0) is 30.7 Å². The summed E-state index contributed by atoms with van der Waals surface area (Å²) in [5.41, 5.74) is 1.42. The lowest BCUT2D eigenvalue weighted by Crippen LogP contribution is -2.17. The van der Waals surface area contributed by atoms with E-state index >= 15 is 0 Å². The van der Waals surface area contributed by atoms with E-state index in [0.29, 0.717) is 10.6 Å². The van der Waals surface area contributed by atoms with E-state index in [4.69, 9.17) is 11.6 Å². The zero-order chi connectivity index (χ0) is 13.0. The number of benzene rings is 1. The highest BCUT2D eigenvalue weighted by Gasteiger charge is 2.20. The summed E-state index contributed by atoms with van der Waals surface area (Å²) in [6, 6.07) is 5.10. The van der Waals surface area contributed by atoms with Crippen LogP contribution in [-0.2, 0) is 9.53 Å². The van der Waals surface area contributed by atoms with Gasteiger partial charge < -0.3 is 4.74 Å². The summed E-state index contributed by atoms with van der Waals surface area (Å²) >= 11 is 5.82. The van der Waals surface area contributed by atoms with E-state index in [1.165, 1.54) is 7.11 Å². The Bertz CT molecular complexity index is 440. The van der Waals surface area contributed by atoms with Crippen LogP contribution in [0.2, 0.25) is 5.02 Å². The average Bonchev–Trinajstić information content (AvgIpc) is 2.28. The molecule has 0 N–H and O–H groups in total. The van der Waals surface area contributed by atoms with Gasteiger partial charge in [-0.2, -0.15) is 0 Å². The van der Waals surface area contributed by atoms with Gasteiger partial charge in [-0.25, -0.2) is 0 Å². The highest BCUT2D eigenvalue weighted by molar-refractivity contribution is 6.30. The SMILES string of the molecule is COC(=O)CC(C)C(=O)c1ccc(Cl)cc1C. The summed E-state index contributed by atoms with van der Waals surface area (Å²) in [6.07, 6.45) is 0.0946. The summed E-state index contributed by atoms with van der Waals surface area (Å²) in [5, 5.41) is 0.597. The van der Waals surface area contributed by atoms with E-state index in [9.17, 15) is 9.59 Å². The summed E-state index contributed by atoms with van der Waals surface area (Å²) < 4.78 is 4.54. The zero-order valence-corrected chi connectivity index (χ0v) is 10.9. The van der Waals surface area contributed by atoms with Gasteiger partial charge in [0.2, 0.25) is 0 Å². The third kappa shape index (κ3) is 3.56. The van der Waals surface area contributed by atoms with Crippen LogP contribution in [0.25, 0.3) is 0 Å². The molecule has 0 aromatic heterocycles. The van der Waals surface area contributed by atoms with Gasteiger partial charge in [-0.15, -0.1) is 0 Å². The first kappa shape index (κ1) is 13.7. The molecule has 0 amide bonds. The van der Waals surface area contributed by atoms with E-state index < -0.39 is 0 Å². The topological polar surface area (TPSA) is 43.4 Å². The maximum atomic E-state index is 12.1. The van der Waals surface area contributed by atoms with Crippen molar-refractivity contribution >= 4 is 23.4 Å². The molecule has 0 aliphatic rings. The first-order valence-electron chi connectivity index (χ1n) is 5.33. The number of ether oxygens (including phenoxy) is 1. The molecule has 0 aliphatic carbocycles. The lowest BCUT2D eigenvalue weighted by Gasteiger charge is -2.11. The zero-order valence-electron chi connectivity index (χ0n) is 10.1. The third-order valence-corrected chi connectivity index (χ3v) is 2.84. The van der Waals surface area contributed by atoms with Crippen LogP contribution in [0, 0.1) is 12.8 Å². The smallest absolute Gasteiger partial charge is 0.306 e. The van der Waals surface area contributed by atoms with Crippen molar-refractivity contribution in [2.24, 2.45) is 5.92 Å². The number of carbonyl (C=O) groups excluding carboxylic acids is 2. The predicted octanol–water partition coefficient (Wildman–Crippen LogP) is 3.03. The molecular formula is C13H15ClO3. The van der Waals surface area contributed by atoms with Crippen LogP contribution in [0.3, 0.4) is 0 Å². The number of hydrogen-bond acceptors (Lipinski definition) is 3. The van der Waals surface area contributed by atoms with Gasteiger partial charge in [-0.3, -0.25) is 9.59 Å². The molecule has 0 aliphatic heterocycles. The fourth-order valence-corrected chi connectivity index (χ4v) is 1.82.